The van der Waals surface area contributed by atoms with E-state index in [1.807, 2.05) is 13.0 Å². The van der Waals surface area contributed by atoms with Gasteiger partial charge in [0.05, 0.1) is 7.11 Å². The molecule has 0 radical (unpaired) electrons. The van der Waals surface area contributed by atoms with Crippen molar-refractivity contribution in [1.29, 1.82) is 0 Å². The van der Waals surface area contributed by atoms with E-state index in [9.17, 15) is 4.79 Å². The number of carbonyl (C=O) groups is 1. The number of carbonyl (C=O) groups excluding carboxylic acids is 1. The smallest absolute Gasteiger partial charge is 0.169 e. The van der Waals surface area contributed by atoms with Gasteiger partial charge in [-0.2, -0.15) is 0 Å². The molecule has 0 saturated carbocycles. The molecule has 0 unspecified atom stereocenters. The van der Waals surface area contributed by atoms with E-state index in [2.05, 4.69) is 4.98 Å². The number of ketones is 1. The predicted octanol–water partition coefficient (Wildman–Crippen LogP) is 3.48. The molecule has 0 aliphatic rings. The third-order valence-corrected chi connectivity index (χ3v) is 3.17. The number of methoxy groups -OCH3 is 1. The monoisotopic (exact) mass is 275 g/mol. The van der Waals surface area contributed by atoms with Crippen LogP contribution >= 0.6 is 11.6 Å². The second-order valence-electron chi connectivity index (χ2n) is 4.25. The number of nitrogens with zero attached hydrogens (tertiary/aromatic N) is 1. The number of benzene rings is 1. The van der Waals surface area contributed by atoms with E-state index in [0.717, 1.165) is 11.1 Å². The van der Waals surface area contributed by atoms with E-state index in [0.29, 0.717) is 16.3 Å². The molecule has 0 saturated heterocycles. The summed E-state index contributed by atoms with van der Waals surface area (Å²) in [7, 11) is 1.58. The highest BCUT2D eigenvalue weighted by atomic mass is 35.5. The summed E-state index contributed by atoms with van der Waals surface area (Å²) in [6.07, 6.45) is 3.51. The van der Waals surface area contributed by atoms with Crippen LogP contribution in [0.2, 0.25) is 5.02 Å². The lowest BCUT2D eigenvalue weighted by Crippen LogP contribution is -2.07. The van der Waals surface area contributed by atoms with Crippen molar-refractivity contribution in [2.45, 2.75) is 13.3 Å². The normalized spacial score (nSPS) is 10.3. The lowest BCUT2D eigenvalue weighted by molar-refractivity contribution is 0.0991. The summed E-state index contributed by atoms with van der Waals surface area (Å²) in [5.74, 6) is 0.672. The summed E-state index contributed by atoms with van der Waals surface area (Å²) >= 11 is 5.96. The van der Waals surface area contributed by atoms with Crippen molar-refractivity contribution in [1.82, 2.24) is 4.98 Å². The Kier molecular flexibility index (Phi) is 4.17. The van der Waals surface area contributed by atoms with Gasteiger partial charge in [-0.05, 0) is 36.8 Å². The Morgan fingerprint density at radius 3 is 2.84 bits per heavy atom. The number of aryl methyl sites for hydroxylation is 1. The van der Waals surface area contributed by atoms with E-state index in [1.54, 1.807) is 37.7 Å². The molecule has 0 aliphatic heterocycles. The number of halogens is 1. The molecule has 0 fully saturated rings. The van der Waals surface area contributed by atoms with E-state index < -0.39 is 0 Å². The van der Waals surface area contributed by atoms with Gasteiger partial charge in [0.15, 0.2) is 5.78 Å². The minimum Gasteiger partial charge on any atom is -0.496 e. The third kappa shape index (κ3) is 3.12. The summed E-state index contributed by atoms with van der Waals surface area (Å²) in [5.41, 5.74) is 2.33. The molecule has 19 heavy (non-hydrogen) atoms. The molecule has 1 heterocycles. The highest BCUT2D eigenvalue weighted by Gasteiger charge is 2.13. The first-order chi connectivity index (χ1) is 9.11. The fraction of sp³-hybridized carbons (Fsp3) is 0.200. The number of hydrogen-bond donors (Lipinski definition) is 0. The van der Waals surface area contributed by atoms with Crippen molar-refractivity contribution in [3.8, 4) is 5.75 Å². The van der Waals surface area contributed by atoms with E-state index >= 15 is 0 Å². The molecular formula is C15H14ClNO2. The first-order valence-corrected chi connectivity index (χ1v) is 6.26. The molecule has 1 aromatic heterocycles. The van der Waals surface area contributed by atoms with Crippen LogP contribution in [0.4, 0.5) is 0 Å². The molecule has 0 atom stereocenters. The van der Waals surface area contributed by atoms with Gasteiger partial charge in [0.2, 0.25) is 0 Å². The van der Waals surface area contributed by atoms with E-state index in [1.165, 1.54) is 0 Å². The highest BCUT2D eigenvalue weighted by molar-refractivity contribution is 6.30. The van der Waals surface area contributed by atoms with Crippen LogP contribution in [0.25, 0.3) is 0 Å². The maximum Gasteiger partial charge on any atom is 0.169 e. The van der Waals surface area contributed by atoms with Gasteiger partial charge >= 0.3 is 0 Å². The molecule has 0 aliphatic carbocycles. The Labute approximate surface area is 117 Å². The van der Waals surface area contributed by atoms with Crippen LogP contribution in [0, 0.1) is 6.92 Å². The maximum atomic E-state index is 12.3. The van der Waals surface area contributed by atoms with Crippen LogP contribution in [0.3, 0.4) is 0 Å². The topological polar surface area (TPSA) is 39.2 Å². The summed E-state index contributed by atoms with van der Waals surface area (Å²) in [6, 6.07) is 7.08. The van der Waals surface area contributed by atoms with Gasteiger partial charge in [0.25, 0.3) is 0 Å². The molecule has 4 heteroatoms. The molecule has 0 amide bonds. The highest BCUT2D eigenvalue weighted by Crippen LogP contribution is 2.24. The Hall–Kier alpha value is -1.87. The van der Waals surface area contributed by atoms with Gasteiger partial charge in [-0.1, -0.05) is 11.6 Å². The average molecular weight is 276 g/mol. The van der Waals surface area contributed by atoms with Crippen LogP contribution in [-0.2, 0) is 6.42 Å². The molecule has 3 nitrogen and oxygen atoms in total. The number of Topliss-reactive ketones (excluding diaryl/α,β-unsaturated/α-hetero) is 1. The number of ether oxygens (including phenoxy) is 1. The molecule has 2 rings (SSSR count). The quantitative estimate of drug-likeness (QED) is 0.802. The minimum absolute atomic E-state index is 0.00571. The van der Waals surface area contributed by atoms with Crippen molar-refractivity contribution in [3.05, 3.63) is 58.4 Å². The summed E-state index contributed by atoms with van der Waals surface area (Å²) < 4.78 is 5.24. The second kappa shape index (κ2) is 5.85. The van der Waals surface area contributed by atoms with Crippen molar-refractivity contribution in [2.24, 2.45) is 0 Å². The van der Waals surface area contributed by atoms with Crippen LogP contribution in [0.1, 0.15) is 21.5 Å². The molecule has 0 spiro atoms. The number of pyridine rings is 1. The molecule has 2 aromatic rings. The Balaban J connectivity index is 2.29. The lowest BCUT2D eigenvalue weighted by atomic mass is 10.0. The summed E-state index contributed by atoms with van der Waals surface area (Å²) in [4.78, 5) is 16.3. The third-order valence-electron chi connectivity index (χ3n) is 2.93. The zero-order valence-corrected chi connectivity index (χ0v) is 11.6. The summed E-state index contributed by atoms with van der Waals surface area (Å²) in [5, 5.41) is 0.589. The van der Waals surface area contributed by atoms with Gasteiger partial charge in [0.1, 0.15) is 5.75 Å². The standard InChI is InChI=1S/C15H14ClNO2/c1-10-5-6-17-9-13(10)14(18)8-11-7-12(16)3-4-15(11)19-2/h3-7,9H,8H2,1-2H3. The van der Waals surface area contributed by atoms with Crippen LogP contribution < -0.4 is 4.74 Å². The summed E-state index contributed by atoms with van der Waals surface area (Å²) in [6.45, 7) is 1.89. The zero-order valence-electron chi connectivity index (χ0n) is 10.8. The maximum absolute atomic E-state index is 12.3. The van der Waals surface area contributed by atoms with Crippen molar-refractivity contribution >= 4 is 17.4 Å². The molecule has 98 valence electrons. The van der Waals surface area contributed by atoms with E-state index in [-0.39, 0.29) is 12.2 Å². The Morgan fingerprint density at radius 2 is 2.16 bits per heavy atom. The molecule has 0 bridgehead atoms. The Bertz CT molecular complexity index is 611. The minimum atomic E-state index is 0.00571. The lowest BCUT2D eigenvalue weighted by Gasteiger charge is -2.09. The van der Waals surface area contributed by atoms with Crippen LogP contribution in [-0.4, -0.2) is 17.9 Å². The van der Waals surface area contributed by atoms with Gasteiger partial charge in [-0.3, -0.25) is 9.78 Å². The van der Waals surface area contributed by atoms with Gasteiger partial charge < -0.3 is 4.74 Å². The fourth-order valence-corrected chi connectivity index (χ4v) is 2.10. The number of hydrogen-bond acceptors (Lipinski definition) is 3. The van der Waals surface area contributed by atoms with Crippen molar-refractivity contribution < 1.29 is 9.53 Å². The van der Waals surface area contributed by atoms with E-state index in [4.69, 9.17) is 16.3 Å². The molecular weight excluding hydrogens is 262 g/mol. The number of rotatable bonds is 4. The van der Waals surface area contributed by atoms with Gasteiger partial charge in [0, 0.05) is 35.0 Å². The Morgan fingerprint density at radius 1 is 1.37 bits per heavy atom. The fourth-order valence-electron chi connectivity index (χ4n) is 1.91. The second-order valence-corrected chi connectivity index (χ2v) is 4.68. The predicted molar refractivity (Wildman–Crippen MR) is 75.0 cm³/mol. The van der Waals surface area contributed by atoms with Gasteiger partial charge in [-0.15, -0.1) is 0 Å². The first-order valence-electron chi connectivity index (χ1n) is 5.88. The van der Waals surface area contributed by atoms with Crippen LogP contribution in [0.15, 0.2) is 36.7 Å². The van der Waals surface area contributed by atoms with Crippen molar-refractivity contribution in [2.75, 3.05) is 7.11 Å². The molecule has 1 aromatic carbocycles. The van der Waals surface area contributed by atoms with Crippen molar-refractivity contribution in [3.63, 3.8) is 0 Å². The zero-order chi connectivity index (χ0) is 13.8. The molecule has 0 N–H and O–H groups in total. The largest absolute Gasteiger partial charge is 0.496 e. The first kappa shape index (κ1) is 13.6. The van der Waals surface area contributed by atoms with Gasteiger partial charge in [-0.25, -0.2) is 0 Å². The number of aromatic nitrogens is 1. The average Bonchev–Trinajstić information content (AvgIpc) is 2.39. The SMILES string of the molecule is COc1ccc(Cl)cc1CC(=O)c1cnccc1C. The van der Waals surface area contributed by atoms with Crippen LogP contribution in [0.5, 0.6) is 5.75 Å².